The molecule has 0 radical (unpaired) electrons. The van der Waals surface area contributed by atoms with Gasteiger partial charge in [-0.3, -0.25) is 4.79 Å². The summed E-state index contributed by atoms with van der Waals surface area (Å²) < 4.78 is 11.8. The number of carbonyl (C=O) groups excluding carboxylic acids is 1. The first-order chi connectivity index (χ1) is 16.7. The van der Waals surface area contributed by atoms with Gasteiger partial charge in [0, 0.05) is 10.9 Å². The van der Waals surface area contributed by atoms with Crippen LogP contribution < -0.4 is 15.4 Å². The molecule has 6 nitrogen and oxygen atoms in total. The van der Waals surface area contributed by atoms with Crippen LogP contribution in [0.2, 0.25) is 0 Å². The Kier molecular flexibility index (Phi) is 5.20. The molecule has 5 fully saturated rings. The van der Waals surface area contributed by atoms with Gasteiger partial charge in [-0.1, -0.05) is 30.0 Å². The Labute approximate surface area is 204 Å². The molecule has 180 valence electrons. The van der Waals surface area contributed by atoms with E-state index in [4.69, 9.17) is 9.26 Å². The highest BCUT2D eigenvalue weighted by atomic mass is 32.2. The zero-order valence-corrected chi connectivity index (χ0v) is 20.3. The molecule has 6 unspecified atom stereocenters. The van der Waals surface area contributed by atoms with Gasteiger partial charge in [0.15, 0.2) is 0 Å². The van der Waals surface area contributed by atoms with Gasteiger partial charge in [0.2, 0.25) is 5.76 Å². The molecule has 1 saturated heterocycles. The topological polar surface area (TPSA) is 76.4 Å². The van der Waals surface area contributed by atoms with Crippen molar-refractivity contribution in [2.75, 3.05) is 19.7 Å². The fourth-order valence-electron chi connectivity index (χ4n) is 8.16. The van der Waals surface area contributed by atoms with E-state index in [1.54, 1.807) is 0 Å². The summed E-state index contributed by atoms with van der Waals surface area (Å²) in [6, 6.07) is 10.4. The number of ether oxygens (including phenoxy) is 1. The lowest BCUT2D eigenvalue weighted by Gasteiger charge is -2.67. The minimum Gasteiger partial charge on any atom is -0.475 e. The number of hydrogen-bond acceptors (Lipinski definition) is 6. The quantitative estimate of drug-likeness (QED) is 0.569. The number of hydrogen-bond donors (Lipinski definition) is 2. The molecular weight excluding hydrogens is 446 g/mol. The molecule has 2 bridgehead atoms. The van der Waals surface area contributed by atoms with Gasteiger partial charge in [-0.05, 0) is 110 Å². The van der Waals surface area contributed by atoms with Crippen molar-refractivity contribution < 1.29 is 14.1 Å². The molecule has 7 rings (SSSR count). The Hall–Kier alpha value is -1.99. The predicted molar refractivity (Wildman–Crippen MR) is 129 cm³/mol. The van der Waals surface area contributed by atoms with Gasteiger partial charge in [0.1, 0.15) is 4.90 Å². The number of fused-ring (bicyclic) bond motifs is 1. The van der Waals surface area contributed by atoms with E-state index in [-0.39, 0.29) is 5.91 Å². The fourth-order valence-corrected chi connectivity index (χ4v) is 9.09. The smallest absolute Gasteiger partial charge is 0.291 e. The highest BCUT2D eigenvalue weighted by Crippen LogP contribution is 2.81. The summed E-state index contributed by atoms with van der Waals surface area (Å²) in [7, 11) is 0. The van der Waals surface area contributed by atoms with Gasteiger partial charge in [0.05, 0.1) is 6.61 Å². The van der Waals surface area contributed by atoms with Crippen LogP contribution in [0.25, 0.3) is 0 Å². The minimum atomic E-state index is -0.132. The Morgan fingerprint density at radius 3 is 2.79 bits per heavy atom. The molecule has 34 heavy (non-hydrogen) atoms. The molecule has 1 spiro atoms. The molecule has 7 heteroatoms. The minimum absolute atomic E-state index is 0.132. The Morgan fingerprint density at radius 1 is 1.18 bits per heavy atom. The van der Waals surface area contributed by atoms with Crippen LogP contribution >= 0.6 is 11.8 Å². The first-order valence-electron chi connectivity index (χ1n) is 13.1. The van der Waals surface area contributed by atoms with Crippen LogP contribution in [0.4, 0.5) is 0 Å². The molecule has 2 N–H and O–H groups in total. The third-order valence-electron chi connectivity index (χ3n) is 9.77. The molecule has 2 heterocycles. The molecule has 6 atom stereocenters. The summed E-state index contributed by atoms with van der Waals surface area (Å²) in [5.41, 5.74) is 0.578. The third kappa shape index (κ3) is 3.26. The number of aromatic nitrogens is 1. The number of rotatable bonds is 8. The lowest BCUT2D eigenvalue weighted by molar-refractivity contribution is -0.182. The molecule has 1 aromatic heterocycles. The SMILES string of the molecule is O=C(NC1C2CC3CC4CC1C34C2)c1onc(OCCC2CCNCC2)c1Sc1ccccc1. The molecule has 4 saturated carbocycles. The van der Waals surface area contributed by atoms with E-state index >= 15 is 0 Å². The van der Waals surface area contributed by atoms with Crippen LogP contribution in [0.3, 0.4) is 0 Å². The second-order valence-electron chi connectivity index (χ2n) is 11.2. The maximum absolute atomic E-state index is 13.5. The summed E-state index contributed by atoms with van der Waals surface area (Å²) >= 11 is 1.50. The second-order valence-corrected chi connectivity index (χ2v) is 12.3. The monoisotopic (exact) mass is 479 g/mol. The summed E-state index contributed by atoms with van der Waals surface area (Å²) in [4.78, 5) is 15.2. The number of amides is 1. The van der Waals surface area contributed by atoms with Crippen LogP contribution in [0.15, 0.2) is 44.6 Å². The highest BCUT2D eigenvalue weighted by molar-refractivity contribution is 7.99. The number of nitrogens with one attached hydrogen (secondary N) is 2. The van der Waals surface area contributed by atoms with Gasteiger partial charge < -0.3 is 19.9 Å². The fraction of sp³-hybridized carbons (Fsp3) is 0.630. The van der Waals surface area contributed by atoms with E-state index in [9.17, 15) is 4.79 Å². The lowest BCUT2D eigenvalue weighted by Crippen LogP contribution is -2.65. The predicted octanol–water partition coefficient (Wildman–Crippen LogP) is 4.76. The zero-order chi connectivity index (χ0) is 22.7. The van der Waals surface area contributed by atoms with Crippen molar-refractivity contribution in [2.24, 2.45) is 35.0 Å². The average molecular weight is 480 g/mol. The van der Waals surface area contributed by atoms with Gasteiger partial charge in [-0.2, -0.15) is 0 Å². The highest BCUT2D eigenvalue weighted by Gasteiger charge is 2.76. The van der Waals surface area contributed by atoms with Crippen LogP contribution in [-0.2, 0) is 0 Å². The van der Waals surface area contributed by atoms with Crippen molar-refractivity contribution in [1.29, 1.82) is 0 Å². The first-order valence-corrected chi connectivity index (χ1v) is 13.9. The summed E-state index contributed by atoms with van der Waals surface area (Å²) in [5, 5.41) is 11.0. The standard InChI is InChI=1S/C27H33N3O3S/c31-25(29-22-17-12-18-13-19-14-21(22)27(18,19)15-17)23-24(34-20-4-2-1-3-5-20)26(30-33-23)32-11-8-16-6-9-28-10-7-16/h1-5,16-19,21-22,28H,6-15H2,(H,29,31). The van der Waals surface area contributed by atoms with E-state index < -0.39 is 0 Å². The number of nitrogens with zero attached hydrogens (tertiary/aromatic N) is 1. The van der Waals surface area contributed by atoms with Crippen molar-refractivity contribution in [3.8, 4) is 5.88 Å². The van der Waals surface area contributed by atoms with Gasteiger partial charge in [-0.25, -0.2) is 0 Å². The lowest BCUT2D eigenvalue weighted by atomic mass is 9.38. The van der Waals surface area contributed by atoms with Crippen molar-refractivity contribution in [3.63, 3.8) is 0 Å². The number of benzene rings is 1. The van der Waals surface area contributed by atoms with Gasteiger partial charge in [-0.15, -0.1) is 0 Å². The Morgan fingerprint density at radius 2 is 2.00 bits per heavy atom. The van der Waals surface area contributed by atoms with E-state index in [1.807, 2.05) is 30.3 Å². The van der Waals surface area contributed by atoms with E-state index in [2.05, 4.69) is 15.8 Å². The summed E-state index contributed by atoms with van der Waals surface area (Å²) in [6.07, 6.45) is 8.73. The molecule has 4 aliphatic carbocycles. The molecular formula is C27H33N3O3S. The molecule has 1 amide bonds. The summed E-state index contributed by atoms with van der Waals surface area (Å²) in [5.74, 6) is 4.47. The van der Waals surface area contributed by atoms with E-state index in [0.29, 0.717) is 52.4 Å². The van der Waals surface area contributed by atoms with Crippen molar-refractivity contribution in [2.45, 2.75) is 60.8 Å². The molecule has 1 aromatic carbocycles. The van der Waals surface area contributed by atoms with E-state index in [0.717, 1.165) is 36.2 Å². The summed E-state index contributed by atoms with van der Waals surface area (Å²) in [6.45, 7) is 2.76. The van der Waals surface area contributed by atoms with Crippen LogP contribution in [0.1, 0.15) is 55.5 Å². The van der Waals surface area contributed by atoms with Crippen molar-refractivity contribution in [1.82, 2.24) is 15.8 Å². The number of piperidine rings is 1. The Balaban J connectivity index is 1.07. The van der Waals surface area contributed by atoms with Crippen LogP contribution in [-0.4, -0.2) is 36.8 Å². The van der Waals surface area contributed by atoms with Crippen molar-refractivity contribution >= 4 is 17.7 Å². The zero-order valence-electron chi connectivity index (χ0n) is 19.5. The first kappa shape index (κ1) is 21.3. The van der Waals surface area contributed by atoms with Gasteiger partial charge in [0.25, 0.3) is 11.8 Å². The van der Waals surface area contributed by atoms with Crippen molar-refractivity contribution in [3.05, 3.63) is 36.1 Å². The van der Waals surface area contributed by atoms with E-state index in [1.165, 1.54) is 50.3 Å². The Bertz CT molecular complexity index is 1070. The normalized spacial score (nSPS) is 35.4. The van der Waals surface area contributed by atoms with Crippen LogP contribution in [0, 0.1) is 35.0 Å². The molecule has 5 aliphatic rings. The average Bonchev–Trinajstić information content (AvgIpc) is 3.50. The maximum atomic E-state index is 13.5. The largest absolute Gasteiger partial charge is 0.475 e. The second kappa shape index (κ2) is 8.30. The third-order valence-corrected chi connectivity index (χ3v) is 10.8. The van der Waals surface area contributed by atoms with Gasteiger partial charge >= 0.3 is 0 Å². The number of carbonyl (C=O) groups is 1. The molecule has 2 aromatic rings. The molecule has 1 aliphatic heterocycles. The van der Waals surface area contributed by atoms with Crippen LogP contribution in [0.5, 0.6) is 5.88 Å². The maximum Gasteiger partial charge on any atom is 0.291 e.